The van der Waals surface area contributed by atoms with E-state index in [9.17, 15) is 0 Å². The van der Waals surface area contributed by atoms with Crippen molar-refractivity contribution < 1.29 is 14.2 Å². The summed E-state index contributed by atoms with van der Waals surface area (Å²) < 4.78 is 17.9. The van der Waals surface area contributed by atoms with Crippen LogP contribution in [0.2, 0.25) is 0 Å². The maximum Gasteiger partial charge on any atom is 0.107 e. The van der Waals surface area contributed by atoms with Gasteiger partial charge in [0.2, 0.25) is 0 Å². The Kier molecular flexibility index (Phi) is 16.0. The van der Waals surface area contributed by atoms with E-state index in [0.29, 0.717) is 24.4 Å². The Morgan fingerprint density at radius 2 is 0.758 bits per heavy atom. The van der Waals surface area contributed by atoms with E-state index in [0.717, 1.165) is 37.9 Å². The fraction of sp³-hybridized carbons (Fsp3) is 1.00. The van der Waals surface area contributed by atoms with Crippen molar-refractivity contribution >= 4 is 0 Å². The van der Waals surface area contributed by atoms with Crippen molar-refractivity contribution in [1.29, 1.82) is 0 Å². The Balaban J connectivity index is 1.49. The molecule has 2 aliphatic rings. The molecule has 0 saturated carbocycles. The summed E-state index contributed by atoms with van der Waals surface area (Å²) in [6.07, 6.45) is 25.7. The van der Waals surface area contributed by atoms with Crippen molar-refractivity contribution in [2.75, 3.05) is 13.2 Å². The van der Waals surface area contributed by atoms with Gasteiger partial charge in [-0.3, -0.25) is 0 Å². The average molecular weight is 467 g/mol. The maximum absolute atomic E-state index is 6.61. The van der Waals surface area contributed by atoms with Crippen molar-refractivity contribution in [2.24, 2.45) is 11.8 Å². The van der Waals surface area contributed by atoms with Crippen molar-refractivity contribution in [3.63, 3.8) is 0 Å². The van der Waals surface area contributed by atoms with E-state index in [1.807, 2.05) is 0 Å². The highest BCUT2D eigenvalue weighted by Gasteiger charge is 2.39. The molecule has 2 rings (SSSR count). The number of epoxide rings is 2. The molecule has 3 heteroatoms. The van der Waals surface area contributed by atoms with Gasteiger partial charge in [0.25, 0.3) is 0 Å². The van der Waals surface area contributed by atoms with Crippen molar-refractivity contribution in [3.8, 4) is 0 Å². The molecular weight excluding hydrogens is 408 g/mol. The monoisotopic (exact) mass is 466 g/mol. The van der Waals surface area contributed by atoms with Crippen LogP contribution in [0.3, 0.4) is 0 Å². The summed E-state index contributed by atoms with van der Waals surface area (Å²) in [6.45, 7) is 11.1. The molecule has 4 unspecified atom stereocenters. The van der Waals surface area contributed by atoms with Crippen LogP contribution in [0.5, 0.6) is 0 Å². The van der Waals surface area contributed by atoms with Crippen molar-refractivity contribution in [2.45, 2.75) is 168 Å². The van der Waals surface area contributed by atoms with E-state index in [2.05, 4.69) is 27.7 Å². The predicted octanol–water partition coefficient (Wildman–Crippen LogP) is 8.87. The maximum atomic E-state index is 6.61. The van der Waals surface area contributed by atoms with Gasteiger partial charge in [-0.15, -0.1) is 0 Å². The highest BCUT2D eigenvalue weighted by Crippen LogP contribution is 2.29. The minimum absolute atomic E-state index is 0.297. The molecule has 3 nitrogen and oxygen atoms in total. The van der Waals surface area contributed by atoms with E-state index in [1.165, 1.54) is 103 Å². The quantitative estimate of drug-likeness (QED) is 0.105. The van der Waals surface area contributed by atoms with Crippen LogP contribution in [-0.2, 0) is 14.2 Å². The lowest BCUT2D eigenvalue weighted by Crippen LogP contribution is -2.30. The van der Waals surface area contributed by atoms with E-state index in [1.54, 1.807) is 0 Å². The molecule has 0 bridgehead atoms. The summed E-state index contributed by atoms with van der Waals surface area (Å²) in [5.74, 6) is 1.72. The standard InChI is InChI=1S/C30H58O3/c1-25(2)19-15-11-7-5-9-13-17-21-27(29-23-31-29)33-28(30-24-32-30)22-18-14-10-6-8-12-16-20-26(3)4/h25-30H,5-24H2,1-4H3. The van der Waals surface area contributed by atoms with E-state index < -0.39 is 0 Å². The smallest absolute Gasteiger partial charge is 0.107 e. The Bertz CT molecular complexity index is 402. The number of hydrogen-bond acceptors (Lipinski definition) is 3. The highest BCUT2D eigenvalue weighted by atomic mass is 16.6. The van der Waals surface area contributed by atoms with Crippen LogP contribution >= 0.6 is 0 Å². The fourth-order valence-corrected chi connectivity index (χ4v) is 5.01. The van der Waals surface area contributed by atoms with E-state index in [-0.39, 0.29) is 0 Å². The molecule has 2 heterocycles. The third-order valence-corrected chi connectivity index (χ3v) is 7.44. The first-order valence-electron chi connectivity index (χ1n) is 14.9. The molecule has 4 atom stereocenters. The minimum Gasteiger partial charge on any atom is -0.370 e. The van der Waals surface area contributed by atoms with Gasteiger partial charge in [0.1, 0.15) is 12.2 Å². The van der Waals surface area contributed by atoms with Crippen LogP contribution in [0.15, 0.2) is 0 Å². The summed E-state index contributed by atoms with van der Waals surface area (Å²) in [4.78, 5) is 0. The topological polar surface area (TPSA) is 34.3 Å². The van der Waals surface area contributed by atoms with Gasteiger partial charge in [0.15, 0.2) is 0 Å². The third kappa shape index (κ3) is 16.2. The molecule has 0 N–H and O–H groups in total. The van der Waals surface area contributed by atoms with Gasteiger partial charge < -0.3 is 14.2 Å². The Labute approximate surface area is 207 Å². The molecule has 2 aliphatic heterocycles. The molecule has 0 spiro atoms. The first kappa shape index (κ1) is 29.1. The van der Waals surface area contributed by atoms with Gasteiger partial charge in [-0.25, -0.2) is 0 Å². The Morgan fingerprint density at radius 1 is 0.485 bits per heavy atom. The average Bonchev–Trinajstić information content (AvgIpc) is 3.67. The molecule has 196 valence electrons. The van der Waals surface area contributed by atoms with Crippen LogP contribution in [0.25, 0.3) is 0 Å². The molecule has 0 radical (unpaired) electrons. The van der Waals surface area contributed by atoms with Crippen LogP contribution in [0, 0.1) is 11.8 Å². The van der Waals surface area contributed by atoms with Crippen LogP contribution in [-0.4, -0.2) is 37.6 Å². The zero-order valence-corrected chi connectivity index (χ0v) is 22.8. The second kappa shape index (κ2) is 18.2. The second-order valence-electron chi connectivity index (χ2n) is 11.8. The van der Waals surface area contributed by atoms with Crippen LogP contribution in [0.4, 0.5) is 0 Å². The molecule has 0 aliphatic carbocycles. The summed E-state index contributed by atoms with van der Waals surface area (Å²) in [5.41, 5.74) is 0. The number of unbranched alkanes of at least 4 members (excludes halogenated alkanes) is 12. The predicted molar refractivity (Wildman–Crippen MR) is 141 cm³/mol. The second-order valence-corrected chi connectivity index (χ2v) is 11.8. The van der Waals surface area contributed by atoms with Gasteiger partial charge in [-0.1, -0.05) is 130 Å². The van der Waals surface area contributed by atoms with Crippen molar-refractivity contribution in [1.82, 2.24) is 0 Å². The summed E-state index contributed by atoms with van der Waals surface area (Å²) >= 11 is 0. The van der Waals surface area contributed by atoms with Gasteiger partial charge in [0, 0.05) is 0 Å². The van der Waals surface area contributed by atoms with Crippen molar-refractivity contribution in [3.05, 3.63) is 0 Å². The summed E-state index contributed by atoms with van der Waals surface area (Å²) in [5, 5.41) is 0. The number of rotatable bonds is 24. The third-order valence-electron chi connectivity index (χ3n) is 7.44. The lowest BCUT2D eigenvalue weighted by molar-refractivity contribution is -0.0468. The number of ether oxygens (including phenoxy) is 3. The lowest BCUT2D eigenvalue weighted by Gasteiger charge is -2.23. The zero-order chi connectivity index (χ0) is 23.7. The summed E-state index contributed by atoms with van der Waals surface area (Å²) in [6, 6.07) is 0. The van der Waals surface area contributed by atoms with Crippen LogP contribution < -0.4 is 0 Å². The molecule has 2 saturated heterocycles. The highest BCUT2D eigenvalue weighted by molar-refractivity contribution is 4.86. The van der Waals surface area contributed by atoms with Gasteiger partial charge in [0.05, 0.1) is 25.4 Å². The molecule has 33 heavy (non-hydrogen) atoms. The van der Waals surface area contributed by atoms with E-state index in [4.69, 9.17) is 14.2 Å². The molecule has 2 fully saturated rings. The first-order chi connectivity index (χ1) is 16.1. The van der Waals surface area contributed by atoms with Gasteiger partial charge in [-0.05, 0) is 24.7 Å². The Morgan fingerprint density at radius 3 is 1.03 bits per heavy atom. The number of hydrogen-bond donors (Lipinski definition) is 0. The molecular formula is C30H58O3. The molecule has 0 aromatic rings. The molecule has 0 amide bonds. The summed E-state index contributed by atoms with van der Waals surface area (Å²) in [7, 11) is 0. The normalized spacial score (nSPS) is 21.6. The molecule has 0 aromatic carbocycles. The Hall–Kier alpha value is -0.120. The fourth-order valence-electron chi connectivity index (χ4n) is 5.01. The first-order valence-corrected chi connectivity index (χ1v) is 14.9. The lowest BCUT2D eigenvalue weighted by atomic mass is 10.0. The molecule has 0 aromatic heterocycles. The van der Waals surface area contributed by atoms with Gasteiger partial charge >= 0.3 is 0 Å². The largest absolute Gasteiger partial charge is 0.370 e. The van der Waals surface area contributed by atoms with Crippen LogP contribution in [0.1, 0.15) is 143 Å². The van der Waals surface area contributed by atoms with E-state index >= 15 is 0 Å². The van der Waals surface area contributed by atoms with Gasteiger partial charge in [-0.2, -0.15) is 0 Å². The minimum atomic E-state index is 0.297. The SMILES string of the molecule is CC(C)CCCCCCCCCC(OC(CCCCCCCCCC(C)C)C1CO1)C1CO1. The zero-order valence-electron chi connectivity index (χ0n) is 22.8.